The van der Waals surface area contributed by atoms with Crippen molar-refractivity contribution in [2.24, 2.45) is 5.92 Å². The fraction of sp³-hybridized carbons (Fsp3) is 0.321. The molecule has 0 aromatic heterocycles. The van der Waals surface area contributed by atoms with Crippen LogP contribution in [0.1, 0.15) is 41.5 Å². The molecule has 0 amide bonds. The Balaban J connectivity index is 1.43. The summed E-state index contributed by atoms with van der Waals surface area (Å²) in [4.78, 5) is 0. The molecule has 2 heteroatoms. The van der Waals surface area contributed by atoms with Crippen LogP contribution in [0.4, 0.5) is 0 Å². The molecule has 3 aromatic carbocycles. The molecule has 2 unspecified atom stereocenters. The number of quaternary nitrogens is 1. The fourth-order valence-corrected chi connectivity index (χ4v) is 5.91. The van der Waals surface area contributed by atoms with Crippen LogP contribution in [0.2, 0.25) is 0 Å². The van der Waals surface area contributed by atoms with Crippen molar-refractivity contribution in [1.82, 2.24) is 0 Å². The van der Waals surface area contributed by atoms with E-state index in [1.165, 1.54) is 17.5 Å². The zero-order valence-corrected chi connectivity index (χ0v) is 17.7. The average Bonchev–Trinajstić information content (AvgIpc) is 2.81. The van der Waals surface area contributed by atoms with Gasteiger partial charge < -0.3 is 9.59 Å². The Bertz CT molecular complexity index is 944. The van der Waals surface area contributed by atoms with Gasteiger partial charge in [-0.05, 0) is 18.1 Å². The topological polar surface area (TPSA) is 20.2 Å². The van der Waals surface area contributed by atoms with E-state index in [1.807, 2.05) is 36.4 Å². The smallest absolute Gasteiger partial charge is 0.118 e. The van der Waals surface area contributed by atoms with Crippen LogP contribution >= 0.6 is 0 Å². The number of hydrogen-bond acceptors (Lipinski definition) is 1. The quantitative estimate of drug-likeness (QED) is 0.439. The Morgan fingerprint density at radius 2 is 1.30 bits per heavy atom. The van der Waals surface area contributed by atoms with Crippen LogP contribution in [-0.2, 0) is 12.1 Å². The maximum Gasteiger partial charge on any atom is 0.118 e. The lowest BCUT2D eigenvalue weighted by Gasteiger charge is -2.68. The minimum Gasteiger partial charge on any atom is -0.448 e. The van der Waals surface area contributed by atoms with Crippen LogP contribution in [-0.4, -0.2) is 21.7 Å². The van der Waals surface area contributed by atoms with Gasteiger partial charge in [-0.15, -0.1) is 7.05 Å². The molecule has 6 rings (SSSR count). The molecule has 1 saturated carbocycles. The molecular weight excluding hydrogens is 366 g/mol. The summed E-state index contributed by atoms with van der Waals surface area (Å²) in [5.74, 6) is 0.206. The summed E-state index contributed by atoms with van der Waals surface area (Å²) in [6, 6.07) is 30.4. The molecule has 0 radical (unpaired) electrons. The molecule has 30 heavy (non-hydrogen) atoms. The fourth-order valence-electron chi connectivity index (χ4n) is 5.91. The van der Waals surface area contributed by atoms with Gasteiger partial charge in [-0.1, -0.05) is 90.5 Å². The zero-order valence-electron chi connectivity index (χ0n) is 17.7. The van der Waals surface area contributed by atoms with Crippen molar-refractivity contribution in [1.29, 1.82) is 0 Å². The molecule has 2 heterocycles. The first kappa shape index (κ1) is 19.5. The summed E-state index contributed by atoms with van der Waals surface area (Å²) >= 11 is 0. The standard InChI is InChI=1S/C28H31NO/c1-21-13-15-22(16-14-21)20-29(2)26-17-25(18-27(29)19-26)28(30,23-9-5-3-6-10-23)24-11-7-4-8-12-24/h3-16,25-27,30H,2,17-20H2,1H3. The van der Waals surface area contributed by atoms with Crippen LogP contribution in [0.25, 0.3) is 0 Å². The van der Waals surface area contributed by atoms with Gasteiger partial charge in [0.05, 0.1) is 18.6 Å². The number of piperidine rings is 1. The Hall–Kier alpha value is -2.42. The van der Waals surface area contributed by atoms with Crippen molar-refractivity contribution in [2.75, 3.05) is 0 Å². The molecular formula is C28H31NO. The van der Waals surface area contributed by atoms with Crippen LogP contribution < -0.4 is 0 Å². The van der Waals surface area contributed by atoms with E-state index in [-0.39, 0.29) is 5.92 Å². The number of fused-ring (bicyclic) bond motifs is 2. The number of nitrogens with zero attached hydrogens (tertiary/aromatic N) is 1. The Labute approximate surface area is 180 Å². The lowest BCUT2D eigenvalue weighted by Crippen LogP contribution is -2.72. The van der Waals surface area contributed by atoms with Gasteiger partial charge in [0.2, 0.25) is 0 Å². The highest BCUT2D eigenvalue weighted by molar-refractivity contribution is 5.37. The van der Waals surface area contributed by atoms with Crippen molar-refractivity contribution in [3.8, 4) is 0 Å². The highest BCUT2D eigenvalue weighted by Gasteiger charge is 2.57. The van der Waals surface area contributed by atoms with Crippen LogP contribution in [0.5, 0.6) is 0 Å². The first-order valence-corrected chi connectivity index (χ1v) is 11.1. The highest BCUT2D eigenvalue weighted by atomic mass is 16.3. The second-order valence-corrected chi connectivity index (χ2v) is 9.46. The third-order valence-corrected chi connectivity index (χ3v) is 7.73. The molecule has 0 spiro atoms. The molecule has 3 aromatic rings. The predicted octanol–water partition coefficient (Wildman–Crippen LogP) is 5.59. The number of hydrogen-bond donors (Lipinski definition) is 1. The Kier molecular flexibility index (Phi) is 4.80. The number of aryl methyl sites for hydroxylation is 1. The van der Waals surface area contributed by atoms with Gasteiger partial charge in [0, 0.05) is 30.7 Å². The maximum absolute atomic E-state index is 12.2. The van der Waals surface area contributed by atoms with Crippen LogP contribution in [0.3, 0.4) is 0 Å². The average molecular weight is 398 g/mol. The molecule has 1 N–H and O–H groups in total. The van der Waals surface area contributed by atoms with Crippen LogP contribution in [0, 0.1) is 19.9 Å². The predicted molar refractivity (Wildman–Crippen MR) is 121 cm³/mol. The van der Waals surface area contributed by atoms with Crippen molar-refractivity contribution >= 4 is 0 Å². The Morgan fingerprint density at radius 3 is 1.80 bits per heavy atom. The molecule has 2 aliphatic heterocycles. The lowest BCUT2D eigenvalue weighted by atomic mass is 9.62. The second-order valence-electron chi connectivity index (χ2n) is 9.46. The molecule has 2 nitrogen and oxygen atoms in total. The van der Waals surface area contributed by atoms with E-state index in [1.54, 1.807) is 0 Å². The summed E-state index contributed by atoms with van der Waals surface area (Å²) in [5, 5.41) is 12.2. The summed E-state index contributed by atoms with van der Waals surface area (Å²) < 4.78 is 0.874. The molecule has 3 aliphatic rings. The molecule has 1 aliphatic carbocycles. The van der Waals surface area contributed by atoms with Gasteiger partial charge in [-0.3, -0.25) is 0 Å². The third-order valence-electron chi connectivity index (χ3n) is 7.73. The Morgan fingerprint density at radius 1 is 0.800 bits per heavy atom. The summed E-state index contributed by atoms with van der Waals surface area (Å²) in [6.45, 7) is 3.12. The van der Waals surface area contributed by atoms with Gasteiger partial charge in [-0.2, -0.15) is 0 Å². The van der Waals surface area contributed by atoms with Gasteiger partial charge in [-0.25, -0.2) is 0 Å². The summed E-state index contributed by atoms with van der Waals surface area (Å²) in [6.07, 6.45) is 3.24. The number of rotatable bonds is 5. The van der Waals surface area contributed by atoms with E-state index in [0.29, 0.717) is 12.1 Å². The van der Waals surface area contributed by atoms with Crippen molar-refractivity contribution in [3.05, 3.63) is 114 Å². The zero-order chi connectivity index (χ0) is 20.8. The summed E-state index contributed by atoms with van der Waals surface area (Å²) in [5.41, 5.74) is 3.72. The normalized spacial score (nSPS) is 28.0. The number of benzene rings is 3. The third kappa shape index (κ3) is 3.10. The molecule has 2 bridgehead atoms. The van der Waals surface area contributed by atoms with Gasteiger partial charge >= 0.3 is 0 Å². The van der Waals surface area contributed by atoms with Gasteiger partial charge in [0.1, 0.15) is 5.60 Å². The lowest BCUT2D eigenvalue weighted by molar-refractivity contribution is -0.996. The van der Waals surface area contributed by atoms with E-state index in [0.717, 1.165) is 35.0 Å². The minimum atomic E-state index is -0.950. The SMILES string of the molecule is [CH2-][N+]1(Cc2ccc(C)cc2)C2CC(C(O)(c3ccccc3)c3ccccc3)CC1C2. The van der Waals surface area contributed by atoms with Crippen molar-refractivity contribution in [2.45, 2.75) is 50.4 Å². The molecule has 3 fully saturated rings. The molecule has 2 saturated heterocycles. The molecule has 2 atom stereocenters. The summed E-state index contributed by atoms with van der Waals surface area (Å²) in [7, 11) is 4.70. The maximum atomic E-state index is 12.2. The van der Waals surface area contributed by atoms with Crippen LogP contribution in [0.15, 0.2) is 84.9 Å². The first-order valence-electron chi connectivity index (χ1n) is 11.1. The highest BCUT2D eigenvalue weighted by Crippen LogP contribution is 2.54. The van der Waals surface area contributed by atoms with Gasteiger partial charge in [0.15, 0.2) is 0 Å². The van der Waals surface area contributed by atoms with E-state index in [2.05, 4.69) is 55.5 Å². The van der Waals surface area contributed by atoms with E-state index in [4.69, 9.17) is 7.05 Å². The van der Waals surface area contributed by atoms with E-state index in [9.17, 15) is 5.11 Å². The molecule has 154 valence electrons. The number of aliphatic hydroxyl groups is 1. The van der Waals surface area contributed by atoms with Gasteiger partial charge in [0.25, 0.3) is 0 Å². The van der Waals surface area contributed by atoms with E-state index < -0.39 is 5.60 Å². The monoisotopic (exact) mass is 397 g/mol. The first-order chi connectivity index (χ1) is 14.5. The van der Waals surface area contributed by atoms with Crippen molar-refractivity contribution < 1.29 is 9.59 Å². The second kappa shape index (κ2) is 7.37. The minimum absolute atomic E-state index is 0.206. The largest absolute Gasteiger partial charge is 0.448 e. The van der Waals surface area contributed by atoms with E-state index >= 15 is 0 Å². The van der Waals surface area contributed by atoms with Crippen molar-refractivity contribution in [3.63, 3.8) is 0 Å².